The van der Waals surface area contributed by atoms with Crippen LogP contribution < -0.4 is 10.5 Å². The van der Waals surface area contributed by atoms with Gasteiger partial charge in [0.15, 0.2) is 5.17 Å². The standard InChI is InChI=1S/C17H12Cl2N2O2S/c18-12-5-6-14(23-9-10-3-1-2-4-13(10)19)11(7-12)8-15-16(22)21-17(20)24-15/h1-8H,9H2,(H2,20,21,22)/b15-8+. The van der Waals surface area contributed by atoms with Crippen LogP contribution in [0.25, 0.3) is 6.08 Å². The first-order chi connectivity index (χ1) is 11.5. The molecule has 1 heterocycles. The molecule has 4 nitrogen and oxygen atoms in total. The molecule has 2 aromatic rings. The number of carbonyl (C=O) groups excluding carboxylic acids is 1. The Bertz CT molecular complexity index is 865. The van der Waals surface area contributed by atoms with Crippen molar-refractivity contribution in [2.75, 3.05) is 0 Å². The Morgan fingerprint density at radius 3 is 2.71 bits per heavy atom. The lowest BCUT2D eigenvalue weighted by molar-refractivity contribution is -0.113. The van der Waals surface area contributed by atoms with Crippen LogP contribution in [0.15, 0.2) is 52.4 Å². The zero-order valence-corrected chi connectivity index (χ0v) is 14.7. The third-order valence-electron chi connectivity index (χ3n) is 3.24. The van der Waals surface area contributed by atoms with Crippen molar-refractivity contribution in [3.8, 4) is 5.75 Å². The van der Waals surface area contributed by atoms with Crippen molar-refractivity contribution in [1.29, 1.82) is 0 Å². The molecule has 24 heavy (non-hydrogen) atoms. The van der Waals surface area contributed by atoms with Crippen LogP contribution in [0, 0.1) is 0 Å². The van der Waals surface area contributed by atoms with E-state index < -0.39 is 0 Å². The van der Waals surface area contributed by atoms with E-state index >= 15 is 0 Å². The summed E-state index contributed by atoms with van der Waals surface area (Å²) >= 11 is 13.3. The zero-order chi connectivity index (χ0) is 17.1. The molecule has 1 amide bonds. The highest BCUT2D eigenvalue weighted by Gasteiger charge is 2.20. The topological polar surface area (TPSA) is 64.7 Å². The number of halogens is 2. The largest absolute Gasteiger partial charge is 0.488 e. The van der Waals surface area contributed by atoms with Gasteiger partial charge in [0, 0.05) is 21.2 Å². The first-order valence-electron chi connectivity index (χ1n) is 6.97. The number of nitrogens with two attached hydrogens (primary N) is 1. The molecule has 3 rings (SSSR count). The number of amidine groups is 1. The SMILES string of the molecule is NC1=NC(=O)/C(=C\c2cc(Cl)ccc2OCc2ccccc2Cl)S1. The number of hydrogen-bond acceptors (Lipinski definition) is 4. The van der Waals surface area contributed by atoms with Crippen molar-refractivity contribution in [2.24, 2.45) is 10.7 Å². The van der Waals surface area contributed by atoms with Crippen LogP contribution in [0.5, 0.6) is 5.75 Å². The smallest absolute Gasteiger partial charge is 0.286 e. The van der Waals surface area contributed by atoms with Gasteiger partial charge in [-0.05, 0) is 42.1 Å². The molecule has 122 valence electrons. The van der Waals surface area contributed by atoms with Gasteiger partial charge < -0.3 is 10.5 Å². The van der Waals surface area contributed by atoms with E-state index in [0.717, 1.165) is 17.3 Å². The van der Waals surface area contributed by atoms with Crippen LogP contribution in [-0.2, 0) is 11.4 Å². The molecule has 0 spiro atoms. The molecule has 0 bridgehead atoms. The number of amides is 1. The summed E-state index contributed by atoms with van der Waals surface area (Å²) in [6, 6.07) is 12.6. The van der Waals surface area contributed by atoms with Crippen molar-refractivity contribution < 1.29 is 9.53 Å². The van der Waals surface area contributed by atoms with E-state index in [1.807, 2.05) is 18.2 Å². The summed E-state index contributed by atoms with van der Waals surface area (Å²) in [5.74, 6) is 0.222. The van der Waals surface area contributed by atoms with Crippen molar-refractivity contribution in [3.05, 3.63) is 68.5 Å². The number of thioether (sulfide) groups is 1. The highest BCUT2D eigenvalue weighted by atomic mass is 35.5. The third-order valence-corrected chi connectivity index (χ3v) is 4.65. The fraction of sp³-hybridized carbons (Fsp3) is 0.0588. The summed E-state index contributed by atoms with van der Waals surface area (Å²) in [5.41, 5.74) is 7.11. The van der Waals surface area contributed by atoms with E-state index in [1.165, 1.54) is 0 Å². The van der Waals surface area contributed by atoms with E-state index in [9.17, 15) is 4.79 Å². The van der Waals surface area contributed by atoms with Crippen LogP contribution >= 0.6 is 35.0 Å². The summed E-state index contributed by atoms with van der Waals surface area (Å²) < 4.78 is 5.85. The van der Waals surface area contributed by atoms with Gasteiger partial charge in [0.05, 0.1) is 4.91 Å². The maximum Gasteiger partial charge on any atom is 0.286 e. The van der Waals surface area contributed by atoms with Crippen LogP contribution in [0.1, 0.15) is 11.1 Å². The minimum Gasteiger partial charge on any atom is -0.488 e. The molecule has 0 atom stereocenters. The second-order valence-corrected chi connectivity index (χ2v) is 6.83. The molecule has 2 N–H and O–H groups in total. The zero-order valence-electron chi connectivity index (χ0n) is 12.3. The lowest BCUT2D eigenvalue weighted by Gasteiger charge is -2.11. The minimum absolute atomic E-state index is 0.229. The summed E-state index contributed by atoms with van der Waals surface area (Å²) in [4.78, 5) is 15.9. The Kier molecular flexibility index (Phi) is 5.14. The third kappa shape index (κ3) is 3.93. The van der Waals surface area contributed by atoms with Crippen LogP contribution in [0.3, 0.4) is 0 Å². The fourth-order valence-electron chi connectivity index (χ4n) is 2.10. The monoisotopic (exact) mass is 378 g/mol. The molecular formula is C17H12Cl2N2O2S. The van der Waals surface area contributed by atoms with Gasteiger partial charge in [-0.15, -0.1) is 0 Å². The second kappa shape index (κ2) is 7.30. The molecule has 0 saturated heterocycles. The molecule has 0 aromatic heterocycles. The molecule has 0 saturated carbocycles. The number of nitrogens with zero attached hydrogens (tertiary/aromatic N) is 1. The van der Waals surface area contributed by atoms with Crippen molar-refractivity contribution in [3.63, 3.8) is 0 Å². The average Bonchev–Trinajstić information content (AvgIpc) is 2.85. The summed E-state index contributed by atoms with van der Waals surface area (Å²) in [7, 11) is 0. The van der Waals surface area contributed by atoms with Gasteiger partial charge in [0.1, 0.15) is 12.4 Å². The highest BCUT2D eigenvalue weighted by molar-refractivity contribution is 8.18. The van der Waals surface area contributed by atoms with Gasteiger partial charge in [-0.2, -0.15) is 4.99 Å². The summed E-state index contributed by atoms with van der Waals surface area (Å²) in [6.07, 6.45) is 1.67. The Balaban J connectivity index is 1.85. The Morgan fingerprint density at radius 1 is 1.21 bits per heavy atom. The average molecular weight is 379 g/mol. The molecule has 0 fully saturated rings. The van der Waals surface area contributed by atoms with Crippen LogP contribution in [-0.4, -0.2) is 11.1 Å². The fourth-order valence-corrected chi connectivity index (χ4v) is 3.14. The molecule has 0 radical (unpaired) electrons. The molecule has 1 aliphatic rings. The molecular weight excluding hydrogens is 367 g/mol. The summed E-state index contributed by atoms with van der Waals surface area (Å²) in [6.45, 7) is 0.303. The van der Waals surface area contributed by atoms with Crippen molar-refractivity contribution >= 4 is 52.1 Å². The van der Waals surface area contributed by atoms with Crippen LogP contribution in [0.2, 0.25) is 10.0 Å². The number of carbonyl (C=O) groups is 1. The van der Waals surface area contributed by atoms with Gasteiger partial charge in [-0.1, -0.05) is 41.4 Å². The normalized spacial score (nSPS) is 15.7. The molecule has 2 aromatic carbocycles. The van der Waals surface area contributed by atoms with Crippen molar-refractivity contribution in [1.82, 2.24) is 0 Å². The molecule has 7 heteroatoms. The summed E-state index contributed by atoms with van der Waals surface area (Å²) in [5, 5.41) is 1.40. The maximum atomic E-state index is 11.8. The van der Waals surface area contributed by atoms with Gasteiger partial charge in [-0.3, -0.25) is 4.79 Å². The number of benzene rings is 2. The van der Waals surface area contributed by atoms with E-state index in [0.29, 0.717) is 32.9 Å². The molecule has 1 aliphatic heterocycles. The van der Waals surface area contributed by atoms with Gasteiger partial charge in [0.2, 0.25) is 0 Å². The van der Waals surface area contributed by atoms with Crippen molar-refractivity contribution in [2.45, 2.75) is 6.61 Å². The van der Waals surface area contributed by atoms with Crippen LogP contribution in [0.4, 0.5) is 0 Å². The predicted molar refractivity (Wildman–Crippen MR) is 99.4 cm³/mol. The number of hydrogen-bond donors (Lipinski definition) is 1. The lowest BCUT2D eigenvalue weighted by Crippen LogP contribution is -2.01. The quantitative estimate of drug-likeness (QED) is 0.795. The first kappa shape index (κ1) is 16.9. The van der Waals surface area contributed by atoms with E-state index in [-0.39, 0.29) is 11.1 Å². The number of aliphatic imine (C=N–C) groups is 1. The van der Waals surface area contributed by atoms with Gasteiger partial charge >= 0.3 is 0 Å². The highest BCUT2D eigenvalue weighted by Crippen LogP contribution is 2.32. The van der Waals surface area contributed by atoms with E-state index in [4.69, 9.17) is 33.7 Å². The first-order valence-corrected chi connectivity index (χ1v) is 8.54. The number of rotatable bonds is 4. The Hall–Kier alpha value is -1.95. The second-order valence-electron chi connectivity index (χ2n) is 4.93. The maximum absolute atomic E-state index is 11.8. The van der Waals surface area contributed by atoms with Gasteiger partial charge in [-0.25, -0.2) is 0 Å². The predicted octanol–water partition coefficient (Wildman–Crippen LogP) is 4.50. The Labute approximate surface area is 153 Å². The number of ether oxygens (including phenoxy) is 1. The van der Waals surface area contributed by atoms with Gasteiger partial charge in [0.25, 0.3) is 5.91 Å². The minimum atomic E-state index is -0.366. The molecule has 0 aliphatic carbocycles. The van der Waals surface area contributed by atoms with E-state index in [1.54, 1.807) is 30.3 Å². The lowest BCUT2D eigenvalue weighted by atomic mass is 10.1. The van der Waals surface area contributed by atoms with E-state index in [2.05, 4.69) is 4.99 Å². The Morgan fingerprint density at radius 2 is 2.00 bits per heavy atom. The molecule has 0 unspecified atom stereocenters.